The zero-order chi connectivity index (χ0) is 48.3. The summed E-state index contributed by atoms with van der Waals surface area (Å²) in [5.74, 6) is 0.907. The molecule has 0 amide bonds. The first-order valence-corrected chi connectivity index (χ1v) is 29.3. The summed E-state index contributed by atoms with van der Waals surface area (Å²) in [5, 5.41) is 36.7. The second-order valence-electron chi connectivity index (χ2n) is 15.2. The Labute approximate surface area is 414 Å². The topological polar surface area (TPSA) is 228 Å². The summed E-state index contributed by atoms with van der Waals surface area (Å²) in [5.41, 5.74) is 1.20. The van der Waals surface area contributed by atoms with Crippen molar-refractivity contribution in [2.45, 2.75) is 84.4 Å². The molecule has 0 aliphatic carbocycles. The molecule has 0 saturated carbocycles. The number of aromatic nitrogens is 4. The van der Waals surface area contributed by atoms with Gasteiger partial charge in [0.1, 0.15) is 53.7 Å². The number of hydrogen-bond acceptors (Lipinski definition) is 15. The van der Waals surface area contributed by atoms with E-state index in [9.17, 15) is 9.59 Å². The number of aliphatic hydroxyl groups excluding tert-OH is 1. The van der Waals surface area contributed by atoms with E-state index < -0.39 is 31.5 Å². The minimum atomic E-state index is -1.73. The molecule has 347 valence electrons. The van der Waals surface area contributed by atoms with E-state index in [1.54, 1.807) is 36.5 Å². The normalized spacial score (nSPS) is 10.8. The molecule has 0 aliphatic heterocycles. The van der Waals surface area contributed by atoms with Gasteiger partial charge in [0.25, 0.3) is 0 Å². The van der Waals surface area contributed by atoms with Crippen molar-refractivity contribution in [1.82, 2.24) is 19.9 Å². The van der Waals surface area contributed by atoms with Gasteiger partial charge in [0, 0.05) is 18.1 Å². The Morgan fingerprint density at radius 2 is 1.08 bits per heavy atom. The fourth-order valence-electron chi connectivity index (χ4n) is 3.22. The predicted octanol–water partition coefficient (Wildman–Crippen LogP) is 11.2. The van der Waals surface area contributed by atoms with Crippen LogP contribution in [-0.4, -0.2) is 94.7 Å². The zero-order valence-corrected chi connectivity index (χ0v) is 47.2. The summed E-state index contributed by atoms with van der Waals surface area (Å²) in [4.78, 5) is 36.0. The van der Waals surface area contributed by atoms with E-state index in [4.69, 9.17) is 41.7 Å². The van der Waals surface area contributed by atoms with E-state index in [-0.39, 0.29) is 33.5 Å². The van der Waals surface area contributed by atoms with Crippen LogP contribution in [0.25, 0.3) is 0 Å². The first kappa shape index (κ1) is 62.1. The zero-order valence-electron chi connectivity index (χ0n) is 36.1. The SMILES string of the molecule is CC(C)(C)[Si](C)(C)OCCBr.CC(C)(C)[Si](C)(C)OCCOc1ccc(C=O)nc1Br.O=Cc1ccc(O)c(Br)n1.OCc1ccc(O)c(Br)n1.Oc1cccnc1Br.[O]=[Mn]=[O]. The Balaban J connectivity index is 0. The molecular weight excluding hydrogens is 1210 g/mol. The van der Waals surface area contributed by atoms with Gasteiger partial charge in [-0.3, -0.25) is 9.59 Å². The average molecular weight is 1270 g/mol. The number of halogens is 5. The van der Waals surface area contributed by atoms with Crippen LogP contribution in [-0.2, 0) is 37.9 Å². The van der Waals surface area contributed by atoms with Crippen molar-refractivity contribution in [3.63, 3.8) is 0 Å². The van der Waals surface area contributed by atoms with Crippen LogP contribution in [0.2, 0.25) is 36.3 Å². The van der Waals surface area contributed by atoms with Crippen LogP contribution >= 0.6 is 79.6 Å². The minimum absolute atomic E-state index is 0.0330. The van der Waals surface area contributed by atoms with Gasteiger partial charge in [-0.1, -0.05) is 57.5 Å². The molecular formula is C39H55Br5MnN4O11Si2. The number of carbonyl (C=O) groups is 2. The number of ether oxygens (including phenoxy) is 1. The van der Waals surface area contributed by atoms with E-state index in [2.05, 4.69) is 167 Å². The summed E-state index contributed by atoms with van der Waals surface area (Å²) in [6.07, 6.45) is 2.92. The fraction of sp³-hybridized carbons (Fsp3) is 0.436. The Kier molecular flexibility index (Phi) is 31.8. The number of aromatic hydroxyl groups is 3. The molecule has 0 saturated heterocycles. The molecule has 0 fully saturated rings. The monoisotopic (exact) mass is 1260 g/mol. The molecule has 15 nitrogen and oxygen atoms in total. The van der Waals surface area contributed by atoms with Gasteiger partial charge in [-0.05, 0) is 149 Å². The maximum atomic E-state index is 10.6. The third-order valence-corrected chi connectivity index (χ3v) is 20.4. The molecule has 0 unspecified atom stereocenters. The molecule has 23 heteroatoms. The molecule has 0 atom stereocenters. The molecule has 4 N–H and O–H groups in total. The number of rotatable bonds is 11. The first-order chi connectivity index (χ1) is 28.7. The molecule has 0 spiro atoms. The van der Waals surface area contributed by atoms with Crippen molar-refractivity contribution in [2.75, 3.05) is 25.2 Å². The molecule has 4 rings (SSSR count). The second kappa shape index (κ2) is 31.8. The maximum absolute atomic E-state index is 10.6. The quantitative estimate of drug-likeness (QED) is 0.0360. The third-order valence-electron chi connectivity index (χ3n) is 8.67. The third kappa shape index (κ3) is 26.1. The molecule has 0 aromatic carbocycles. The Bertz CT molecular complexity index is 1970. The van der Waals surface area contributed by atoms with Crippen molar-refractivity contribution in [3.8, 4) is 23.0 Å². The average Bonchev–Trinajstić information content (AvgIpc) is 3.20. The van der Waals surface area contributed by atoms with E-state index in [0.29, 0.717) is 67.5 Å². The van der Waals surface area contributed by atoms with Gasteiger partial charge in [-0.2, -0.15) is 0 Å². The number of carbonyl (C=O) groups excluding carboxylic acids is 2. The summed E-state index contributed by atoms with van der Waals surface area (Å²) in [6, 6.07) is 12.5. The van der Waals surface area contributed by atoms with Crippen molar-refractivity contribution in [2.24, 2.45) is 0 Å². The van der Waals surface area contributed by atoms with Crippen LogP contribution in [0, 0.1) is 0 Å². The van der Waals surface area contributed by atoms with Crippen LogP contribution in [0.1, 0.15) is 68.2 Å². The van der Waals surface area contributed by atoms with Crippen molar-refractivity contribution >= 4 is 109 Å². The van der Waals surface area contributed by atoms with Crippen LogP contribution in [0.15, 0.2) is 73.1 Å². The molecule has 62 heavy (non-hydrogen) atoms. The van der Waals surface area contributed by atoms with Crippen LogP contribution in [0.3, 0.4) is 0 Å². The molecule has 4 aromatic rings. The summed E-state index contributed by atoms with van der Waals surface area (Å²) in [7, 11) is -3.18. The number of hydrogen-bond donors (Lipinski definition) is 4. The number of nitrogens with zero attached hydrogens (tertiary/aromatic N) is 4. The number of aliphatic hydroxyl groups is 1. The molecule has 0 aliphatic rings. The van der Waals surface area contributed by atoms with Gasteiger partial charge >= 0.3 is 22.5 Å². The first-order valence-electron chi connectivity index (χ1n) is 18.2. The van der Waals surface area contributed by atoms with Gasteiger partial charge in [-0.15, -0.1) is 0 Å². The van der Waals surface area contributed by atoms with Crippen LogP contribution in [0.5, 0.6) is 23.0 Å². The van der Waals surface area contributed by atoms with Crippen LogP contribution in [0.4, 0.5) is 0 Å². The number of alkyl halides is 1. The molecule has 0 bridgehead atoms. The Morgan fingerprint density at radius 1 is 0.645 bits per heavy atom. The van der Waals surface area contributed by atoms with Gasteiger partial charge < -0.3 is 34.0 Å². The van der Waals surface area contributed by atoms with Gasteiger partial charge in [0.2, 0.25) is 0 Å². The van der Waals surface area contributed by atoms with Crippen molar-refractivity contribution in [3.05, 3.63) is 90.2 Å². The Morgan fingerprint density at radius 3 is 1.45 bits per heavy atom. The summed E-state index contributed by atoms with van der Waals surface area (Å²) < 4.78 is 36.0. The van der Waals surface area contributed by atoms with Gasteiger partial charge in [-0.25, -0.2) is 19.9 Å². The number of pyridine rings is 4. The van der Waals surface area contributed by atoms with E-state index in [0.717, 1.165) is 11.9 Å². The fourth-order valence-corrected chi connectivity index (χ4v) is 7.15. The van der Waals surface area contributed by atoms with Gasteiger partial charge in [0.15, 0.2) is 35.0 Å². The summed E-state index contributed by atoms with van der Waals surface area (Å²) >= 11 is 14.2. The molecule has 0 radical (unpaired) electrons. The van der Waals surface area contributed by atoms with Gasteiger partial charge in [0.05, 0.1) is 18.9 Å². The molecule has 4 aromatic heterocycles. The Hall–Kier alpha value is -2.03. The van der Waals surface area contributed by atoms with E-state index in [1.165, 1.54) is 18.2 Å². The molecule has 4 heterocycles. The van der Waals surface area contributed by atoms with E-state index in [1.807, 2.05) is 0 Å². The van der Waals surface area contributed by atoms with Crippen molar-refractivity contribution < 1.29 is 66.1 Å². The standard InChI is InChI=1S/C14H22BrNO3Si.C8H19BrOSi.C6H6BrNO2.C6H4BrNO2.C5H4BrNO.Mn.2O/c1-14(2,3)20(4,5)19-9-8-18-12-7-6-11(10-17)16-13(12)15;1-8(2,3)11(4,5)10-7-6-9;2*7-6-5(10)2-1-4(3-9)8-6;6-5-4(8)2-1-3-7-5;;;/h6-7,10H,8-9H2,1-5H3;6-7H2,1-5H3;1-2,9-10H,3H2;1-3,10H;1-3,8H;;;. The van der Waals surface area contributed by atoms with E-state index >= 15 is 0 Å². The summed E-state index contributed by atoms with van der Waals surface area (Å²) in [6.45, 7) is 24.1. The van der Waals surface area contributed by atoms with Crippen molar-refractivity contribution in [1.29, 1.82) is 0 Å². The second-order valence-corrected chi connectivity index (χ2v) is 28.8. The van der Waals surface area contributed by atoms with Crippen LogP contribution < -0.4 is 4.74 Å². The predicted molar refractivity (Wildman–Crippen MR) is 256 cm³/mol. The number of aldehydes is 2.